The van der Waals surface area contributed by atoms with Gasteiger partial charge in [0.1, 0.15) is 17.0 Å². The van der Waals surface area contributed by atoms with Crippen LogP contribution >= 0.6 is 0 Å². The maximum atomic E-state index is 14.5. The summed E-state index contributed by atoms with van der Waals surface area (Å²) in [7, 11) is 0. The van der Waals surface area contributed by atoms with E-state index in [1.54, 1.807) is 25.3 Å². The Bertz CT molecular complexity index is 894. The van der Waals surface area contributed by atoms with Crippen LogP contribution in [-0.4, -0.2) is 26.2 Å². The molecule has 1 N–H and O–H groups in total. The van der Waals surface area contributed by atoms with Crippen LogP contribution in [0.4, 0.5) is 4.39 Å². The molecule has 0 saturated heterocycles. The molecule has 1 aromatic heterocycles. The molecule has 7 heteroatoms. The summed E-state index contributed by atoms with van der Waals surface area (Å²) >= 11 is 0. The maximum Gasteiger partial charge on any atom is 0.309 e. The molecule has 0 spiro atoms. The lowest BCUT2D eigenvalue weighted by Crippen LogP contribution is -2.31. The van der Waals surface area contributed by atoms with Crippen molar-refractivity contribution >= 4 is 5.97 Å². The van der Waals surface area contributed by atoms with E-state index in [1.807, 2.05) is 6.07 Å². The summed E-state index contributed by atoms with van der Waals surface area (Å²) in [5.74, 6) is -1.07. The second kappa shape index (κ2) is 6.22. The molecule has 1 aliphatic heterocycles. The first-order valence-corrected chi connectivity index (χ1v) is 8.29. The quantitative estimate of drug-likeness (QED) is 0.854. The van der Waals surface area contributed by atoms with Crippen LogP contribution < -0.4 is 0 Å². The predicted molar refractivity (Wildman–Crippen MR) is 90.5 cm³/mol. The number of imidazole rings is 1. The number of carbonyl (C=O) groups is 1. The number of fused-ring (bicyclic) bond motifs is 1. The minimum atomic E-state index is -1.50. The number of esters is 1. The Balaban J connectivity index is 1.91. The number of aromatic nitrogens is 2. The highest BCUT2D eigenvalue weighted by Crippen LogP contribution is 2.45. The molecule has 2 aromatic rings. The molecule has 0 radical (unpaired) electrons. The zero-order valence-corrected chi connectivity index (χ0v) is 14.9. The topological polar surface area (TPSA) is 88.1 Å². The van der Waals surface area contributed by atoms with Gasteiger partial charge < -0.3 is 14.4 Å². The highest BCUT2D eigenvalue weighted by atomic mass is 19.1. The van der Waals surface area contributed by atoms with Gasteiger partial charge >= 0.3 is 5.97 Å². The molecule has 0 bridgehead atoms. The first-order chi connectivity index (χ1) is 12.1. The molecule has 2 unspecified atom stereocenters. The van der Waals surface area contributed by atoms with E-state index in [1.165, 1.54) is 24.7 Å². The SMILES string of the molecule is CC(C)(C)OC(=O)CC1(O)CC(c2ccc(C#N)cc2F)n2cncc21. The minimum absolute atomic E-state index is 0.118. The van der Waals surface area contributed by atoms with Crippen LogP contribution in [0.5, 0.6) is 0 Å². The predicted octanol–water partition coefficient (Wildman–Crippen LogP) is 2.81. The van der Waals surface area contributed by atoms with Crippen LogP contribution in [0.15, 0.2) is 30.7 Å². The number of hydrogen-bond acceptors (Lipinski definition) is 5. The van der Waals surface area contributed by atoms with Crippen molar-refractivity contribution in [2.45, 2.75) is 50.9 Å². The van der Waals surface area contributed by atoms with Crippen LogP contribution in [0.1, 0.15) is 56.5 Å². The summed E-state index contributed by atoms with van der Waals surface area (Å²) in [6.45, 7) is 5.26. The molecule has 3 rings (SSSR count). The molecular formula is C19H20FN3O3. The summed E-state index contributed by atoms with van der Waals surface area (Å²) in [5.41, 5.74) is -1.16. The van der Waals surface area contributed by atoms with Crippen LogP contribution in [0.2, 0.25) is 0 Å². The molecule has 1 aromatic carbocycles. The van der Waals surface area contributed by atoms with Crippen LogP contribution in [-0.2, 0) is 15.1 Å². The molecule has 0 aliphatic carbocycles. The molecule has 1 aliphatic rings. The minimum Gasteiger partial charge on any atom is -0.460 e. The largest absolute Gasteiger partial charge is 0.460 e. The van der Waals surface area contributed by atoms with Crippen molar-refractivity contribution in [3.63, 3.8) is 0 Å². The number of benzene rings is 1. The Hall–Kier alpha value is -2.72. The third kappa shape index (κ3) is 3.33. The number of ether oxygens (including phenoxy) is 1. The van der Waals surface area contributed by atoms with Gasteiger partial charge in [-0.05, 0) is 32.9 Å². The van der Waals surface area contributed by atoms with Crippen LogP contribution in [0.25, 0.3) is 0 Å². The number of aliphatic hydroxyl groups is 1. The highest BCUT2D eigenvalue weighted by Gasteiger charge is 2.46. The fourth-order valence-corrected chi connectivity index (χ4v) is 3.34. The summed E-state index contributed by atoms with van der Waals surface area (Å²) in [4.78, 5) is 16.3. The van der Waals surface area contributed by atoms with Crippen molar-refractivity contribution in [3.05, 3.63) is 53.4 Å². The average Bonchev–Trinajstić information content (AvgIpc) is 3.09. The Morgan fingerprint density at radius 2 is 2.27 bits per heavy atom. The third-order valence-electron chi connectivity index (χ3n) is 4.36. The number of nitrogens with zero attached hydrogens (tertiary/aromatic N) is 3. The second-order valence-electron chi connectivity index (χ2n) is 7.55. The molecule has 2 atom stereocenters. The third-order valence-corrected chi connectivity index (χ3v) is 4.36. The zero-order chi connectivity index (χ0) is 19.1. The Morgan fingerprint density at radius 1 is 1.54 bits per heavy atom. The van der Waals surface area contributed by atoms with Gasteiger partial charge in [-0.1, -0.05) is 6.07 Å². The fourth-order valence-electron chi connectivity index (χ4n) is 3.34. The lowest BCUT2D eigenvalue weighted by atomic mass is 9.90. The van der Waals surface area contributed by atoms with Crippen LogP contribution in [0, 0.1) is 17.1 Å². The monoisotopic (exact) mass is 357 g/mol. The summed E-state index contributed by atoms with van der Waals surface area (Å²) < 4.78 is 21.4. The van der Waals surface area contributed by atoms with E-state index in [0.29, 0.717) is 11.3 Å². The number of rotatable bonds is 3. The molecule has 26 heavy (non-hydrogen) atoms. The van der Waals surface area contributed by atoms with Gasteiger partial charge in [0.15, 0.2) is 0 Å². The van der Waals surface area contributed by atoms with Crippen molar-refractivity contribution in [2.24, 2.45) is 0 Å². The van der Waals surface area contributed by atoms with Crippen molar-refractivity contribution in [2.75, 3.05) is 0 Å². The summed E-state index contributed by atoms with van der Waals surface area (Å²) in [6.07, 6.45) is 2.86. The first-order valence-electron chi connectivity index (χ1n) is 8.29. The Morgan fingerprint density at radius 3 is 2.88 bits per heavy atom. The zero-order valence-electron chi connectivity index (χ0n) is 14.9. The van der Waals surface area contributed by atoms with Crippen molar-refractivity contribution < 1.29 is 19.0 Å². The number of halogens is 1. The van der Waals surface area contributed by atoms with E-state index in [2.05, 4.69) is 4.98 Å². The van der Waals surface area contributed by atoms with Crippen LogP contribution in [0.3, 0.4) is 0 Å². The molecule has 2 heterocycles. The standard InChI is InChI=1S/C19H20FN3O3/c1-18(2,3)26-17(24)8-19(25)7-15(23-11-22-10-16(19)23)13-5-4-12(9-21)6-14(13)20/h4-6,10-11,15,25H,7-8H2,1-3H3. The van der Waals surface area contributed by atoms with Crippen molar-refractivity contribution in [1.82, 2.24) is 9.55 Å². The van der Waals surface area contributed by atoms with E-state index in [9.17, 15) is 14.3 Å². The fraction of sp³-hybridized carbons (Fsp3) is 0.421. The summed E-state index contributed by atoms with van der Waals surface area (Å²) in [5, 5.41) is 20.0. The first kappa shape index (κ1) is 18.1. The van der Waals surface area contributed by atoms with Gasteiger partial charge in [0.05, 0.1) is 42.3 Å². The van der Waals surface area contributed by atoms with Gasteiger partial charge in [-0.25, -0.2) is 9.37 Å². The molecule has 0 fully saturated rings. The maximum absolute atomic E-state index is 14.5. The van der Waals surface area contributed by atoms with E-state index in [-0.39, 0.29) is 18.4 Å². The van der Waals surface area contributed by atoms with Gasteiger partial charge in [-0.15, -0.1) is 0 Å². The molecule has 0 saturated carbocycles. The van der Waals surface area contributed by atoms with Gasteiger partial charge in [-0.2, -0.15) is 5.26 Å². The second-order valence-corrected chi connectivity index (χ2v) is 7.55. The Labute approximate surface area is 150 Å². The highest BCUT2D eigenvalue weighted by molar-refractivity contribution is 5.71. The molecule has 136 valence electrons. The number of nitriles is 1. The van der Waals surface area contributed by atoms with Crippen molar-refractivity contribution in [1.29, 1.82) is 5.26 Å². The summed E-state index contributed by atoms with van der Waals surface area (Å²) in [6, 6.07) is 5.59. The average molecular weight is 357 g/mol. The van der Waals surface area contributed by atoms with Gasteiger partial charge in [-0.3, -0.25) is 4.79 Å². The van der Waals surface area contributed by atoms with E-state index < -0.39 is 29.0 Å². The normalized spacial score (nSPS) is 21.9. The smallest absolute Gasteiger partial charge is 0.309 e. The molecule has 6 nitrogen and oxygen atoms in total. The number of carbonyl (C=O) groups excluding carboxylic acids is 1. The van der Waals surface area contributed by atoms with E-state index >= 15 is 0 Å². The number of hydrogen-bond donors (Lipinski definition) is 1. The molecular weight excluding hydrogens is 337 g/mol. The van der Waals surface area contributed by atoms with Gasteiger partial charge in [0, 0.05) is 12.0 Å². The lowest BCUT2D eigenvalue weighted by Gasteiger charge is -2.25. The van der Waals surface area contributed by atoms with Gasteiger partial charge in [0.25, 0.3) is 0 Å². The molecule has 0 amide bonds. The lowest BCUT2D eigenvalue weighted by molar-refractivity contribution is -0.160. The van der Waals surface area contributed by atoms with E-state index in [4.69, 9.17) is 10.00 Å². The van der Waals surface area contributed by atoms with Crippen molar-refractivity contribution in [3.8, 4) is 6.07 Å². The van der Waals surface area contributed by atoms with E-state index in [0.717, 1.165) is 6.07 Å². The van der Waals surface area contributed by atoms with Gasteiger partial charge in [0.2, 0.25) is 0 Å². The Kier molecular flexibility index (Phi) is 4.32.